The molecule has 0 unspecified atom stereocenters. The molecule has 5 heteroatoms. The molecule has 0 saturated carbocycles. The molecule has 0 radical (unpaired) electrons. The quantitative estimate of drug-likeness (QED) is 0.319. The molecule has 1 N–H and O–H groups in total. The van der Waals surface area contributed by atoms with E-state index in [2.05, 4.69) is 24.9 Å². The molecule has 0 aromatic carbocycles. The van der Waals surface area contributed by atoms with Gasteiger partial charge in [-0.15, -0.1) is 0 Å². The van der Waals surface area contributed by atoms with Crippen LogP contribution in [0.3, 0.4) is 0 Å². The van der Waals surface area contributed by atoms with E-state index in [4.69, 9.17) is 0 Å². The topological polar surface area (TPSA) is 49.0 Å². The molecule has 0 saturated heterocycles. The Balaban J connectivity index is 3.18. The molecular weight excluding hydrogens is 126 g/mol. The van der Waals surface area contributed by atoms with Gasteiger partial charge in [0.25, 0.3) is 6.41 Å². The fourth-order valence-electron chi connectivity index (χ4n) is 0.287. The van der Waals surface area contributed by atoms with Gasteiger partial charge in [-0.1, -0.05) is 0 Å². The average Bonchev–Trinajstić information content (AvgIpc) is 1.88. The largest absolute Gasteiger partial charge is 0.277 e. The maximum Gasteiger partial charge on any atom is 0.277 e. The molecule has 0 aliphatic rings. The second kappa shape index (κ2) is 5.93. The molecule has 0 heterocycles. The summed E-state index contributed by atoms with van der Waals surface area (Å²) in [6.45, 7) is 0. The zero-order chi connectivity index (χ0) is 7.11. The molecule has 0 aliphatic heterocycles. The first kappa shape index (κ1) is 8.80. The summed E-state index contributed by atoms with van der Waals surface area (Å²) in [5.41, 5.74) is 0. The fraction of sp³-hybridized carbons (Fsp3) is 1.00. The highest BCUT2D eigenvalue weighted by Crippen LogP contribution is 1.87. The van der Waals surface area contributed by atoms with Crippen LogP contribution >= 0.6 is 0 Å². The van der Waals surface area contributed by atoms with Crippen molar-refractivity contribution in [3.05, 3.63) is 0 Å². The second-order valence-electron chi connectivity index (χ2n) is 1.15. The van der Waals surface area contributed by atoms with Crippen LogP contribution in [0.1, 0.15) is 0 Å². The highest BCUT2D eigenvalue weighted by Gasteiger charge is 2.04. The van der Waals surface area contributed by atoms with E-state index in [1.54, 1.807) is 7.05 Å². The monoisotopic (exact) mass is 137 g/mol. The Morgan fingerprint density at radius 3 is 1.78 bits per heavy atom. The Morgan fingerprint density at radius 1 is 1.11 bits per heavy atom. The van der Waals surface area contributed by atoms with Crippen LogP contribution in [0.15, 0.2) is 0 Å². The third-order valence-electron chi connectivity index (χ3n) is 0.603. The zero-order valence-corrected chi connectivity index (χ0v) is 5.71. The van der Waals surface area contributed by atoms with Crippen LogP contribution < -0.4 is 5.32 Å². The smallest absolute Gasteiger partial charge is 0.268 e. The van der Waals surface area contributed by atoms with E-state index >= 15 is 0 Å². The van der Waals surface area contributed by atoms with Crippen molar-refractivity contribution in [1.82, 2.24) is 5.32 Å². The zero-order valence-electron chi connectivity index (χ0n) is 5.71. The molecule has 0 aliphatic carbocycles. The minimum absolute atomic E-state index is 0.681. The lowest BCUT2D eigenvalue weighted by Gasteiger charge is -2.11. The van der Waals surface area contributed by atoms with Crippen molar-refractivity contribution < 1.29 is 19.6 Å². The van der Waals surface area contributed by atoms with Gasteiger partial charge in [0, 0.05) is 0 Å². The maximum atomic E-state index is 4.47. The van der Waals surface area contributed by atoms with Crippen molar-refractivity contribution in [2.75, 3.05) is 21.3 Å². The first-order valence-corrected chi connectivity index (χ1v) is 2.41. The minimum Gasteiger partial charge on any atom is -0.268 e. The van der Waals surface area contributed by atoms with Gasteiger partial charge in [-0.3, -0.25) is 5.32 Å². The molecule has 56 valence electrons. The van der Waals surface area contributed by atoms with Crippen LogP contribution in [0, 0.1) is 0 Å². The lowest BCUT2D eigenvalue weighted by atomic mass is 11.1. The highest BCUT2D eigenvalue weighted by molar-refractivity contribution is 4.21. The van der Waals surface area contributed by atoms with Gasteiger partial charge < -0.3 is 0 Å². The fourth-order valence-corrected chi connectivity index (χ4v) is 0.287. The molecule has 0 bridgehead atoms. The molecule has 0 fully saturated rings. The van der Waals surface area contributed by atoms with Gasteiger partial charge in [0.15, 0.2) is 0 Å². The molecule has 0 amide bonds. The first-order chi connectivity index (χ1) is 4.35. The molecule has 0 atom stereocenters. The maximum absolute atomic E-state index is 4.47. The van der Waals surface area contributed by atoms with Crippen molar-refractivity contribution in [1.29, 1.82) is 0 Å². The Morgan fingerprint density at radius 2 is 1.56 bits per heavy atom. The van der Waals surface area contributed by atoms with Gasteiger partial charge >= 0.3 is 0 Å². The summed E-state index contributed by atoms with van der Waals surface area (Å²) in [7, 11) is 4.40. The molecule has 0 aromatic heterocycles. The predicted octanol–water partition coefficient (Wildman–Crippen LogP) is -0.355. The standard InChI is InChI=1S/C4H11NO4/c1-5-4(8-6-2)9-7-3/h4-5H,1-3H3. The average molecular weight is 137 g/mol. The summed E-state index contributed by atoms with van der Waals surface area (Å²) in [5, 5.41) is 2.61. The Bertz CT molecular complexity index is 54.5. The van der Waals surface area contributed by atoms with Gasteiger partial charge in [-0.25, -0.2) is 9.78 Å². The predicted molar refractivity (Wildman–Crippen MR) is 29.0 cm³/mol. The molecule has 0 spiro atoms. The molecule has 5 nitrogen and oxygen atoms in total. The van der Waals surface area contributed by atoms with E-state index in [0.717, 1.165) is 0 Å². The van der Waals surface area contributed by atoms with Gasteiger partial charge in [-0.2, -0.15) is 9.78 Å². The summed E-state index contributed by atoms with van der Waals surface area (Å²) in [4.78, 5) is 17.5. The Hall–Kier alpha value is -0.200. The van der Waals surface area contributed by atoms with Crippen LogP contribution in [-0.4, -0.2) is 27.7 Å². The van der Waals surface area contributed by atoms with E-state index in [-0.39, 0.29) is 0 Å². The summed E-state index contributed by atoms with van der Waals surface area (Å²) in [6.07, 6.45) is -0.681. The highest BCUT2D eigenvalue weighted by atomic mass is 17.3. The van der Waals surface area contributed by atoms with E-state index in [1.165, 1.54) is 14.2 Å². The summed E-state index contributed by atoms with van der Waals surface area (Å²) in [6, 6.07) is 0. The van der Waals surface area contributed by atoms with Crippen LogP contribution in [0.25, 0.3) is 0 Å². The number of hydrogen-bond acceptors (Lipinski definition) is 5. The summed E-state index contributed by atoms with van der Waals surface area (Å²) >= 11 is 0. The van der Waals surface area contributed by atoms with Crippen LogP contribution in [0.2, 0.25) is 0 Å². The van der Waals surface area contributed by atoms with E-state index < -0.39 is 6.41 Å². The van der Waals surface area contributed by atoms with E-state index in [1.807, 2.05) is 0 Å². The van der Waals surface area contributed by atoms with Crippen molar-refractivity contribution in [2.24, 2.45) is 0 Å². The lowest BCUT2D eigenvalue weighted by molar-refractivity contribution is -0.454. The SMILES string of the molecule is CNC(OOC)OOC. The number of rotatable bonds is 5. The van der Waals surface area contributed by atoms with E-state index in [0.29, 0.717) is 0 Å². The first-order valence-electron chi connectivity index (χ1n) is 2.41. The third kappa shape index (κ3) is 4.31. The van der Waals surface area contributed by atoms with Gasteiger partial charge in [0.2, 0.25) is 0 Å². The third-order valence-corrected chi connectivity index (χ3v) is 0.603. The van der Waals surface area contributed by atoms with Gasteiger partial charge in [0.05, 0.1) is 14.2 Å². The van der Waals surface area contributed by atoms with Crippen molar-refractivity contribution >= 4 is 0 Å². The van der Waals surface area contributed by atoms with Crippen molar-refractivity contribution in [2.45, 2.75) is 6.41 Å². The molecular formula is C4H11NO4. The summed E-state index contributed by atoms with van der Waals surface area (Å²) in [5.74, 6) is 0. The van der Waals surface area contributed by atoms with E-state index in [9.17, 15) is 0 Å². The normalized spacial score (nSPS) is 10.7. The lowest BCUT2D eigenvalue weighted by Crippen LogP contribution is -2.30. The molecule has 0 rings (SSSR count). The second-order valence-corrected chi connectivity index (χ2v) is 1.15. The van der Waals surface area contributed by atoms with Crippen LogP contribution in [0.4, 0.5) is 0 Å². The molecule has 9 heavy (non-hydrogen) atoms. The Kier molecular flexibility index (Phi) is 5.80. The van der Waals surface area contributed by atoms with Crippen molar-refractivity contribution in [3.8, 4) is 0 Å². The Labute approximate surface area is 53.7 Å². The van der Waals surface area contributed by atoms with Crippen LogP contribution in [0.5, 0.6) is 0 Å². The van der Waals surface area contributed by atoms with Crippen molar-refractivity contribution in [3.63, 3.8) is 0 Å². The molecule has 0 aromatic rings. The van der Waals surface area contributed by atoms with Gasteiger partial charge in [-0.05, 0) is 7.05 Å². The van der Waals surface area contributed by atoms with Crippen LogP contribution in [-0.2, 0) is 19.6 Å². The minimum atomic E-state index is -0.681. The number of nitrogens with one attached hydrogen (secondary N) is 1. The van der Waals surface area contributed by atoms with Gasteiger partial charge in [0.1, 0.15) is 0 Å². The number of hydrogen-bond donors (Lipinski definition) is 1. The summed E-state index contributed by atoms with van der Waals surface area (Å²) < 4.78 is 0.